The van der Waals surface area contributed by atoms with Crippen molar-refractivity contribution in [2.45, 2.75) is 26.1 Å². The molecule has 1 N–H and O–H groups in total. The Hall–Kier alpha value is -1.73. The van der Waals surface area contributed by atoms with Gasteiger partial charge in [0.25, 0.3) is 5.69 Å². The van der Waals surface area contributed by atoms with E-state index in [1.54, 1.807) is 18.6 Å². The zero-order chi connectivity index (χ0) is 14.5. The number of benzene rings is 1. The number of rotatable bonds is 6. The number of nitro benzene ring substituents is 1. The molecule has 106 valence electrons. The van der Waals surface area contributed by atoms with Crippen LogP contribution in [-0.2, 0) is 13.1 Å². The maximum absolute atomic E-state index is 11.0. The first-order valence-electron chi connectivity index (χ1n) is 6.18. The summed E-state index contributed by atoms with van der Waals surface area (Å²) in [6, 6.07) is 5.29. The van der Waals surface area contributed by atoms with Crippen molar-refractivity contribution in [2.24, 2.45) is 0 Å². The van der Waals surface area contributed by atoms with Gasteiger partial charge in [0, 0.05) is 47.6 Å². The molecule has 0 saturated heterocycles. The number of nitro groups is 1. The van der Waals surface area contributed by atoms with Crippen molar-refractivity contribution < 1.29 is 4.92 Å². The summed E-state index contributed by atoms with van der Waals surface area (Å²) in [7, 11) is 0. The van der Waals surface area contributed by atoms with Crippen LogP contribution in [0, 0.1) is 10.1 Å². The van der Waals surface area contributed by atoms with Gasteiger partial charge in [-0.15, -0.1) is 0 Å². The van der Waals surface area contributed by atoms with E-state index in [2.05, 4.69) is 26.2 Å². The Labute approximate surface area is 125 Å². The number of imidazole rings is 1. The van der Waals surface area contributed by atoms with Gasteiger partial charge >= 0.3 is 0 Å². The molecule has 7 heteroatoms. The number of aromatic nitrogens is 2. The molecule has 0 aliphatic carbocycles. The van der Waals surface area contributed by atoms with Gasteiger partial charge in [-0.05, 0) is 19.1 Å². The number of nitrogens with zero attached hydrogens (tertiary/aromatic N) is 3. The summed E-state index contributed by atoms with van der Waals surface area (Å²) in [6.07, 6.45) is 5.37. The lowest BCUT2D eigenvalue weighted by Gasteiger charge is -2.14. The number of hydrogen-bond acceptors (Lipinski definition) is 4. The summed E-state index contributed by atoms with van der Waals surface area (Å²) >= 11 is 3.25. The summed E-state index contributed by atoms with van der Waals surface area (Å²) < 4.78 is 2.67. The van der Waals surface area contributed by atoms with Gasteiger partial charge in [0.15, 0.2) is 0 Å². The zero-order valence-electron chi connectivity index (χ0n) is 11.0. The summed E-state index contributed by atoms with van der Waals surface area (Å²) in [5.41, 5.74) is 0.803. The van der Waals surface area contributed by atoms with Crippen LogP contribution in [0.4, 0.5) is 5.69 Å². The van der Waals surface area contributed by atoms with Gasteiger partial charge in [-0.2, -0.15) is 0 Å². The molecule has 0 radical (unpaired) electrons. The highest BCUT2D eigenvalue weighted by molar-refractivity contribution is 9.10. The van der Waals surface area contributed by atoms with Gasteiger partial charge in [-0.3, -0.25) is 10.1 Å². The fraction of sp³-hybridized carbons (Fsp3) is 0.308. The second-order valence-electron chi connectivity index (χ2n) is 4.57. The molecule has 6 nitrogen and oxygen atoms in total. The van der Waals surface area contributed by atoms with E-state index >= 15 is 0 Å². The Morgan fingerprint density at radius 1 is 1.55 bits per heavy atom. The number of halogens is 1. The topological polar surface area (TPSA) is 73.0 Å². The predicted molar refractivity (Wildman–Crippen MR) is 79.3 cm³/mol. The van der Waals surface area contributed by atoms with Crippen LogP contribution in [-0.4, -0.2) is 20.5 Å². The normalized spacial score (nSPS) is 12.3. The third-order valence-electron chi connectivity index (χ3n) is 2.93. The molecule has 1 unspecified atom stereocenters. The van der Waals surface area contributed by atoms with Crippen molar-refractivity contribution in [2.75, 3.05) is 0 Å². The number of nitrogens with one attached hydrogen (secondary N) is 1. The van der Waals surface area contributed by atoms with Crippen LogP contribution < -0.4 is 5.32 Å². The summed E-state index contributed by atoms with van der Waals surface area (Å²) in [4.78, 5) is 14.6. The van der Waals surface area contributed by atoms with Crippen molar-refractivity contribution in [3.8, 4) is 0 Å². The minimum absolute atomic E-state index is 0.127. The predicted octanol–water partition coefficient (Wildman–Crippen LogP) is 2.73. The SMILES string of the molecule is CC(Cn1ccnc1)NCc1ccc(Br)cc1[N+](=O)[O-]. The van der Waals surface area contributed by atoms with Gasteiger partial charge in [-0.25, -0.2) is 4.98 Å². The van der Waals surface area contributed by atoms with E-state index in [-0.39, 0.29) is 16.7 Å². The Bertz CT molecular complexity index is 586. The van der Waals surface area contributed by atoms with Gasteiger partial charge in [0.1, 0.15) is 0 Å². The molecular formula is C13H15BrN4O2. The van der Waals surface area contributed by atoms with Crippen LogP contribution in [0.3, 0.4) is 0 Å². The van der Waals surface area contributed by atoms with E-state index in [0.29, 0.717) is 16.6 Å². The molecule has 1 atom stereocenters. The molecule has 1 aromatic carbocycles. The average Bonchev–Trinajstić information content (AvgIpc) is 2.90. The second-order valence-corrected chi connectivity index (χ2v) is 5.49. The maximum atomic E-state index is 11.0. The summed E-state index contributed by atoms with van der Waals surface area (Å²) in [6.45, 7) is 3.26. The molecule has 0 bridgehead atoms. The molecule has 0 aliphatic heterocycles. The average molecular weight is 339 g/mol. The molecule has 0 fully saturated rings. The van der Waals surface area contributed by atoms with Crippen molar-refractivity contribution in [3.63, 3.8) is 0 Å². The maximum Gasteiger partial charge on any atom is 0.275 e. The van der Waals surface area contributed by atoms with Crippen LogP contribution >= 0.6 is 15.9 Å². The lowest BCUT2D eigenvalue weighted by Crippen LogP contribution is -2.29. The standard InChI is InChI=1S/C13H15BrN4O2/c1-10(8-17-5-4-15-9-17)16-7-11-2-3-12(14)6-13(11)18(19)20/h2-6,9-10,16H,7-8H2,1H3. The van der Waals surface area contributed by atoms with E-state index in [1.807, 2.05) is 23.8 Å². The highest BCUT2D eigenvalue weighted by atomic mass is 79.9. The van der Waals surface area contributed by atoms with Crippen molar-refractivity contribution in [1.82, 2.24) is 14.9 Å². The second kappa shape index (κ2) is 6.62. The monoisotopic (exact) mass is 338 g/mol. The van der Waals surface area contributed by atoms with E-state index in [9.17, 15) is 10.1 Å². The summed E-state index contributed by atoms with van der Waals surface area (Å²) in [5, 5.41) is 14.3. The first-order valence-corrected chi connectivity index (χ1v) is 6.97. The first-order chi connectivity index (χ1) is 9.56. The molecule has 1 aromatic heterocycles. The summed E-state index contributed by atoms with van der Waals surface area (Å²) in [5.74, 6) is 0. The van der Waals surface area contributed by atoms with E-state index in [0.717, 1.165) is 6.54 Å². The van der Waals surface area contributed by atoms with Crippen LogP contribution in [0.15, 0.2) is 41.4 Å². The molecule has 20 heavy (non-hydrogen) atoms. The van der Waals surface area contributed by atoms with Gasteiger partial charge in [0.05, 0.1) is 11.3 Å². The third-order valence-corrected chi connectivity index (χ3v) is 3.42. The smallest absolute Gasteiger partial charge is 0.275 e. The zero-order valence-corrected chi connectivity index (χ0v) is 12.6. The van der Waals surface area contributed by atoms with E-state index in [1.165, 1.54) is 6.07 Å². The van der Waals surface area contributed by atoms with Crippen LogP contribution in [0.25, 0.3) is 0 Å². The minimum atomic E-state index is -0.359. The fourth-order valence-corrected chi connectivity index (χ4v) is 2.27. The van der Waals surface area contributed by atoms with Crippen LogP contribution in [0.2, 0.25) is 0 Å². The van der Waals surface area contributed by atoms with Gasteiger partial charge in [-0.1, -0.05) is 15.9 Å². The highest BCUT2D eigenvalue weighted by Gasteiger charge is 2.14. The first kappa shape index (κ1) is 14.7. The molecule has 0 amide bonds. The molecule has 2 aromatic rings. The lowest BCUT2D eigenvalue weighted by atomic mass is 10.1. The fourth-order valence-electron chi connectivity index (χ4n) is 1.92. The van der Waals surface area contributed by atoms with Crippen LogP contribution in [0.1, 0.15) is 12.5 Å². The lowest BCUT2D eigenvalue weighted by molar-refractivity contribution is -0.385. The molecule has 0 saturated carbocycles. The Morgan fingerprint density at radius 2 is 2.35 bits per heavy atom. The molecule has 0 aliphatic rings. The van der Waals surface area contributed by atoms with E-state index in [4.69, 9.17) is 0 Å². The molecule has 2 rings (SSSR count). The number of hydrogen-bond donors (Lipinski definition) is 1. The van der Waals surface area contributed by atoms with Crippen molar-refractivity contribution >= 4 is 21.6 Å². The molecule has 0 spiro atoms. The minimum Gasteiger partial charge on any atom is -0.336 e. The van der Waals surface area contributed by atoms with E-state index < -0.39 is 0 Å². The Morgan fingerprint density at radius 3 is 3.00 bits per heavy atom. The quantitative estimate of drug-likeness (QED) is 0.649. The highest BCUT2D eigenvalue weighted by Crippen LogP contribution is 2.23. The van der Waals surface area contributed by atoms with Crippen molar-refractivity contribution in [1.29, 1.82) is 0 Å². The molecule has 1 heterocycles. The van der Waals surface area contributed by atoms with Gasteiger partial charge in [0.2, 0.25) is 0 Å². The molecular weight excluding hydrogens is 324 g/mol. The third kappa shape index (κ3) is 3.88. The Balaban J connectivity index is 1.98. The Kier molecular flexibility index (Phi) is 4.86. The van der Waals surface area contributed by atoms with Crippen molar-refractivity contribution in [3.05, 3.63) is 57.1 Å². The van der Waals surface area contributed by atoms with Gasteiger partial charge < -0.3 is 9.88 Å². The van der Waals surface area contributed by atoms with Crippen LogP contribution in [0.5, 0.6) is 0 Å². The largest absolute Gasteiger partial charge is 0.336 e.